The molecule has 2 aliphatic rings. The van der Waals surface area contributed by atoms with Gasteiger partial charge in [0.1, 0.15) is 0 Å². The molecule has 0 aromatic carbocycles. The molecule has 4 heteroatoms. The summed E-state index contributed by atoms with van der Waals surface area (Å²) in [5.41, 5.74) is 2.40. The van der Waals surface area contributed by atoms with Crippen molar-refractivity contribution in [2.45, 2.75) is 31.8 Å². The first-order chi connectivity index (χ1) is 9.31. The van der Waals surface area contributed by atoms with E-state index in [-0.39, 0.29) is 5.60 Å². The zero-order valence-electron chi connectivity index (χ0n) is 11.7. The summed E-state index contributed by atoms with van der Waals surface area (Å²) in [5, 5.41) is 3.47. The Morgan fingerprint density at radius 1 is 1.47 bits per heavy atom. The minimum atomic E-state index is 0.0138. The molecule has 1 aromatic rings. The number of piperidine rings is 1. The average molecular weight is 261 g/mol. The maximum absolute atomic E-state index is 6.08. The molecule has 2 aliphatic heterocycles. The largest absolute Gasteiger partial charge is 0.371 e. The molecule has 0 radical (unpaired) electrons. The summed E-state index contributed by atoms with van der Waals surface area (Å²) in [6, 6.07) is 4.33. The van der Waals surface area contributed by atoms with E-state index in [1.807, 2.05) is 6.20 Å². The van der Waals surface area contributed by atoms with Crippen LogP contribution in [0.25, 0.3) is 0 Å². The van der Waals surface area contributed by atoms with Crippen LogP contribution in [0, 0.1) is 0 Å². The molecule has 2 fully saturated rings. The number of nitrogens with one attached hydrogen (secondary N) is 1. The van der Waals surface area contributed by atoms with Crippen molar-refractivity contribution in [1.29, 1.82) is 0 Å². The number of morpholine rings is 1. The highest BCUT2D eigenvalue weighted by Crippen LogP contribution is 2.29. The molecule has 19 heavy (non-hydrogen) atoms. The third-order valence-corrected chi connectivity index (χ3v) is 4.21. The highest BCUT2D eigenvalue weighted by molar-refractivity contribution is 5.45. The van der Waals surface area contributed by atoms with Gasteiger partial charge in [-0.25, -0.2) is 0 Å². The standard InChI is InChI=1S/C15H23N3O/c1-2-13-4-5-14(10-17-13)18-8-3-6-15(12-18)11-16-7-9-19-15/h4-5,10,16H,2-3,6-9,11-12H2,1H3/t15-/m0/s1. The van der Waals surface area contributed by atoms with E-state index in [0.717, 1.165) is 51.3 Å². The van der Waals surface area contributed by atoms with Crippen molar-refractivity contribution in [2.75, 3.05) is 37.7 Å². The second-order valence-corrected chi connectivity index (χ2v) is 5.59. The lowest BCUT2D eigenvalue weighted by Crippen LogP contribution is -2.58. The molecule has 0 bridgehead atoms. The fourth-order valence-electron chi connectivity index (χ4n) is 3.10. The van der Waals surface area contributed by atoms with Gasteiger partial charge in [-0.1, -0.05) is 6.92 Å². The highest BCUT2D eigenvalue weighted by atomic mass is 16.5. The van der Waals surface area contributed by atoms with Gasteiger partial charge >= 0.3 is 0 Å². The Hall–Kier alpha value is -1.13. The molecule has 3 rings (SSSR count). The Labute approximate surface area is 115 Å². The molecule has 0 unspecified atom stereocenters. The van der Waals surface area contributed by atoms with Crippen LogP contribution in [0.15, 0.2) is 18.3 Å². The number of pyridine rings is 1. The molecular formula is C15H23N3O. The first kappa shape index (κ1) is 12.9. The van der Waals surface area contributed by atoms with Gasteiger partial charge in [-0.3, -0.25) is 4.98 Å². The Morgan fingerprint density at radius 3 is 3.11 bits per heavy atom. The number of hydrogen-bond donors (Lipinski definition) is 1. The molecule has 3 heterocycles. The van der Waals surface area contributed by atoms with Crippen molar-refractivity contribution < 1.29 is 4.74 Å². The van der Waals surface area contributed by atoms with Gasteiger partial charge in [0, 0.05) is 31.9 Å². The van der Waals surface area contributed by atoms with E-state index < -0.39 is 0 Å². The Kier molecular flexibility index (Phi) is 3.71. The van der Waals surface area contributed by atoms with Crippen LogP contribution >= 0.6 is 0 Å². The van der Waals surface area contributed by atoms with E-state index in [1.54, 1.807) is 0 Å². The fraction of sp³-hybridized carbons (Fsp3) is 0.667. The van der Waals surface area contributed by atoms with Crippen LogP contribution in [0.2, 0.25) is 0 Å². The molecular weight excluding hydrogens is 238 g/mol. The van der Waals surface area contributed by atoms with Crippen LogP contribution < -0.4 is 10.2 Å². The number of aryl methyl sites for hydroxylation is 1. The van der Waals surface area contributed by atoms with E-state index in [1.165, 1.54) is 12.1 Å². The van der Waals surface area contributed by atoms with Gasteiger partial charge in [0.15, 0.2) is 0 Å². The normalized spacial score (nSPS) is 27.7. The molecule has 104 valence electrons. The van der Waals surface area contributed by atoms with E-state index in [2.05, 4.69) is 34.3 Å². The van der Waals surface area contributed by atoms with Crippen molar-refractivity contribution >= 4 is 5.69 Å². The lowest BCUT2D eigenvalue weighted by atomic mass is 9.91. The lowest BCUT2D eigenvalue weighted by molar-refractivity contribution is -0.0725. The first-order valence-corrected chi connectivity index (χ1v) is 7.36. The van der Waals surface area contributed by atoms with E-state index in [0.29, 0.717) is 0 Å². The van der Waals surface area contributed by atoms with Gasteiger partial charge in [-0.05, 0) is 31.4 Å². The molecule has 1 spiro atoms. The van der Waals surface area contributed by atoms with Crippen LogP contribution in [0.4, 0.5) is 5.69 Å². The minimum absolute atomic E-state index is 0.0138. The van der Waals surface area contributed by atoms with Crippen molar-refractivity contribution in [2.24, 2.45) is 0 Å². The average Bonchev–Trinajstić information content (AvgIpc) is 2.48. The number of anilines is 1. The second kappa shape index (κ2) is 5.47. The first-order valence-electron chi connectivity index (χ1n) is 7.36. The second-order valence-electron chi connectivity index (χ2n) is 5.59. The van der Waals surface area contributed by atoms with Gasteiger partial charge in [0.05, 0.1) is 24.1 Å². The third-order valence-electron chi connectivity index (χ3n) is 4.21. The maximum Gasteiger partial charge on any atom is 0.0981 e. The predicted molar refractivity (Wildman–Crippen MR) is 76.6 cm³/mol. The topological polar surface area (TPSA) is 37.4 Å². The molecule has 0 aliphatic carbocycles. The van der Waals surface area contributed by atoms with Crippen LogP contribution in [0.1, 0.15) is 25.5 Å². The summed E-state index contributed by atoms with van der Waals surface area (Å²) >= 11 is 0. The summed E-state index contributed by atoms with van der Waals surface area (Å²) in [4.78, 5) is 6.93. The maximum atomic E-state index is 6.08. The van der Waals surface area contributed by atoms with Crippen LogP contribution in [-0.4, -0.2) is 43.4 Å². The van der Waals surface area contributed by atoms with Crippen LogP contribution in [0.5, 0.6) is 0 Å². The summed E-state index contributed by atoms with van der Waals surface area (Å²) < 4.78 is 6.08. The molecule has 0 saturated carbocycles. The zero-order valence-corrected chi connectivity index (χ0v) is 11.7. The number of aromatic nitrogens is 1. The van der Waals surface area contributed by atoms with Crippen molar-refractivity contribution in [1.82, 2.24) is 10.3 Å². The number of hydrogen-bond acceptors (Lipinski definition) is 4. The summed E-state index contributed by atoms with van der Waals surface area (Å²) in [6.07, 6.45) is 5.36. The smallest absolute Gasteiger partial charge is 0.0981 e. The van der Waals surface area contributed by atoms with E-state index in [9.17, 15) is 0 Å². The molecule has 1 N–H and O–H groups in total. The summed E-state index contributed by atoms with van der Waals surface area (Å²) in [7, 11) is 0. The summed E-state index contributed by atoms with van der Waals surface area (Å²) in [6.45, 7) is 7.02. The number of nitrogens with zero attached hydrogens (tertiary/aromatic N) is 2. The fourth-order valence-corrected chi connectivity index (χ4v) is 3.10. The quantitative estimate of drug-likeness (QED) is 0.877. The highest BCUT2D eigenvalue weighted by Gasteiger charge is 2.38. The van der Waals surface area contributed by atoms with Crippen molar-refractivity contribution in [3.63, 3.8) is 0 Å². The molecule has 2 saturated heterocycles. The molecule has 4 nitrogen and oxygen atoms in total. The Bertz CT molecular complexity index is 406. The van der Waals surface area contributed by atoms with Crippen LogP contribution in [0.3, 0.4) is 0 Å². The predicted octanol–water partition coefficient (Wildman–Crippen LogP) is 1.60. The Balaban J connectivity index is 1.73. The van der Waals surface area contributed by atoms with Gasteiger partial charge in [0.25, 0.3) is 0 Å². The third kappa shape index (κ3) is 2.74. The zero-order chi connectivity index (χ0) is 13.1. The molecule has 1 atom stereocenters. The van der Waals surface area contributed by atoms with Crippen molar-refractivity contribution in [3.8, 4) is 0 Å². The lowest BCUT2D eigenvalue weighted by Gasteiger charge is -2.45. The molecule has 0 amide bonds. The number of ether oxygens (including phenoxy) is 1. The van der Waals surface area contributed by atoms with Gasteiger partial charge < -0.3 is 15.0 Å². The monoisotopic (exact) mass is 261 g/mol. The van der Waals surface area contributed by atoms with Crippen LogP contribution in [-0.2, 0) is 11.2 Å². The van der Waals surface area contributed by atoms with Gasteiger partial charge in [0.2, 0.25) is 0 Å². The SMILES string of the molecule is CCc1ccc(N2CCC[C@]3(CNCCO3)C2)cn1. The van der Waals surface area contributed by atoms with Gasteiger partial charge in [-0.2, -0.15) is 0 Å². The van der Waals surface area contributed by atoms with Gasteiger partial charge in [-0.15, -0.1) is 0 Å². The van der Waals surface area contributed by atoms with E-state index >= 15 is 0 Å². The van der Waals surface area contributed by atoms with Crippen molar-refractivity contribution in [3.05, 3.63) is 24.0 Å². The number of rotatable bonds is 2. The summed E-state index contributed by atoms with van der Waals surface area (Å²) in [5.74, 6) is 0. The molecule has 1 aromatic heterocycles. The van der Waals surface area contributed by atoms with E-state index in [4.69, 9.17) is 4.74 Å². The Morgan fingerprint density at radius 2 is 2.42 bits per heavy atom. The minimum Gasteiger partial charge on any atom is -0.371 e.